The number of para-hydroxylation sites is 2. The molecule has 0 radical (unpaired) electrons. The van der Waals surface area contributed by atoms with Gasteiger partial charge in [-0.2, -0.15) is 0 Å². The number of carbonyl (C=O) groups excluding carboxylic acids is 2. The standard InChI is InChI=1S/C31H29BrFN5O3S/c1-31(2,3)41-30(40)36-14-6-7-20(17-36)38(28-22-16-27(32)42-26(22)12-13-34-28)29(39)21-11-10-19(15-23(21)33)37-18-35-24-8-4-5-9-25(24)37/h4-5,8-13,15-16,18,20H,6-7,14,17H2,1-3H3/t20-/m1/s1. The highest BCUT2D eigenvalue weighted by Crippen LogP contribution is 2.37. The van der Waals surface area contributed by atoms with E-state index in [0.717, 1.165) is 24.9 Å². The van der Waals surface area contributed by atoms with Gasteiger partial charge in [-0.3, -0.25) is 14.3 Å². The number of aromatic nitrogens is 3. The van der Waals surface area contributed by atoms with Gasteiger partial charge in [-0.25, -0.2) is 19.2 Å². The molecule has 1 saturated heterocycles. The van der Waals surface area contributed by atoms with Crippen molar-refractivity contribution in [3.05, 3.63) is 82.3 Å². The second kappa shape index (κ2) is 11.1. The minimum atomic E-state index is -0.654. The molecule has 2 aromatic carbocycles. The van der Waals surface area contributed by atoms with Gasteiger partial charge in [-0.15, -0.1) is 11.3 Å². The Kier molecular flexibility index (Phi) is 7.48. The first kappa shape index (κ1) is 28.3. The summed E-state index contributed by atoms with van der Waals surface area (Å²) >= 11 is 5.07. The summed E-state index contributed by atoms with van der Waals surface area (Å²) in [5.74, 6) is -0.744. The molecule has 1 atom stereocenters. The minimum absolute atomic E-state index is 0.0781. The molecule has 4 heterocycles. The Morgan fingerprint density at radius 3 is 2.71 bits per heavy atom. The molecule has 0 bridgehead atoms. The van der Waals surface area contributed by atoms with E-state index in [1.165, 1.54) is 23.5 Å². The van der Waals surface area contributed by atoms with Gasteiger partial charge in [0, 0.05) is 29.4 Å². The number of carbonyl (C=O) groups is 2. The Hall–Kier alpha value is -3.83. The minimum Gasteiger partial charge on any atom is -0.444 e. The fourth-order valence-corrected chi connectivity index (χ4v) is 6.85. The fraction of sp³-hybridized carbons (Fsp3) is 0.290. The zero-order chi connectivity index (χ0) is 29.6. The largest absolute Gasteiger partial charge is 0.444 e. The third-order valence-electron chi connectivity index (χ3n) is 7.17. The van der Waals surface area contributed by atoms with Gasteiger partial charge in [0.1, 0.15) is 23.6 Å². The summed E-state index contributed by atoms with van der Waals surface area (Å²) in [4.78, 5) is 39.5. The van der Waals surface area contributed by atoms with Crippen LogP contribution < -0.4 is 4.90 Å². The van der Waals surface area contributed by atoms with E-state index in [2.05, 4.69) is 25.9 Å². The van der Waals surface area contributed by atoms with Gasteiger partial charge in [0.2, 0.25) is 0 Å². The van der Waals surface area contributed by atoms with Crippen LogP contribution in [0.5, 0.6) is 0 Å². The number of amides is 2. The van der Waals surface area contributed by atoms with Crippen LogP contribution in [0.2, 0.25) is 0 Å². The fourth-order valence-electron chi connectivity index (χ4n) is 5.32. The summed E-state index contributed by atoms with van der Waals surface area (Å²) < 4.78 is 25.1. The van der Waals surface area contributed by atoms with Crippen molar-refractivity contribution in [3.63, 3.8) is 0 Å². The number of likely N-dealkylation sites (tertiary alicyclic amines) is 1. The van der Waals surface area contributed by atoms with Crippen LogP contribution in [0.25, 0.3) is 26.8 Å². The van der Waals surface area contributed by atoms with E-state index in [1.54, 1.807) is 33.0 Å². The molecule has 1 fully saturated rings. The van der Waals surface area contributed by atoms with Gasteiger partial charge >= 0.3 is 6.09 Å². The molecule has 0 spiro atoms. The van der Waals surface area contributed by atoms with E-state index in [0.29, 0.717) is 30.9 Å². The molecule has 8 nitrogen and oxygen atoms in total. The van der Waals surface area contributed by atoms with Crippen LogP contribution in [-0.2, 0) is 4.74 Å². The molecule has 1 aliphatic rings. The van der Waals surface area contributed by atoms with E-state index in [9.17, 15) is 9.59 Å². The Labute approximate surface area is 254 Å². The number of thiophene rings is 1. The number of imidazole rings is 1. The summed E-state index contributed by atoms with van der Waals surface area (Å²) in [6.45, 7) is 6.21. The molecule has 216 valence electrons. The monoisotopic (exact) mass is 649 g/mol. The third-order valence-corrected chi connectivity index (χ3v) is 8.77. The van der Waals surface area contributed by atoms with Crippen molar-refractivity contribution in [1.82, 2.24) is 19.4 Å². The average molecular weight is 651 g/mol. The number of nitrogens with zero attached hydrogens (tertiary/aromatic N) is 5. The van der Waals surface area contributed by atoms with Crippen LogP contribution >= 0.6 is 27.3 Å². The highest BCUT2D eigenvalue weighted by molar-refractivity contribution is 9.11. The highest BCUT2D eigenvalue weighted by atomic mass is 79.9. The van der Waals surface area contributed by atoms with E-state index in [1.807, 2.05) is 57.2 Å². The molecule has 11 heteroatoms. The average Bonchev–Trinajstić information content (AvgIpc) is 3.55. The van der Waals surface area contributed by atoms with Crippen LogP contribution in [0, 0.1) is 5.82 Å². The van der Waals surface area contributed by atoms with Crippen molar-refractivity contribution in [1.29, 1.82) is 0 Å². The molecule has 42 heavy (non-hydrogen) atoms. The molecule has 3 aromatic heterocycles. The number of ether oxygens (including phenoxy) is 1. The summed E-state index contributed by atoms with van der Waals surface area (Å²) in [6.07, 6.45) is 4.13. The lowest BCUT2D eigenvalue weighted by Gasteiger charge is -2.39. The molecule has 0 saturated carbocycles. The Bertz CT molecular complexity index is 1810. The summed E-state index contributed by atoms with van der Waals surface area (Å²) in [5, 5.41) is 0.777. The number of fused-ring (bicyclic) bond motifs is 2. The van der Waals surface area contributed by atoms with Crippen molar-refractivity contribution in [2.24, 2.45) is 0 Å². The number of hydrogen-bond donors (Lipinski definition) is 0. The smallest absolute Gasteiger partial charge is 0.410 e. The number of anilines is 1. The lowest BCUT2D eigenvalue weighted by molar-refractivity contribution is 0.0196. The van der Waals surface area contributed by atoms with Crippen LogP contribution in [-0.4, -0.2) is 56.2 Å². The lowest BCUT2D eigenvalue weighted by atomic mass is 10.0. The highest BCUT2D eigenvalue weighted by Gasteiger charge is 2.36. The predicted octanol–water partition coefficient (Wildman–Crippen LogP) is 7.58. The maximum atomic E-state index is 15.9. The molecular weight excluding hydrogens is 621 g/mol. The van der Waals surface area contributed by atoms with Crippen molar-refractivity contribution >= 4 is 66.2 Å². The van der Waals surface area contributed by atoms with E-state index in [4.69, 9.17) is 4.74 Å². The maximum Gasteiger partial charge on any atom is 0.410 e. The molecule has 5 aromatic rings. The van der Waals surface area contributed by atoms with E-state index in [-0.39, 0.29) is 12.1 Å². The van der Waals surface area contributed by atoms with E-state index < -0.39 is 29.5 Å². The number of pyridine rings is 1. The first-order chi connectivity index (χ1) is 20.1. The van der Waals surface area contributed by atoms with Gasteiger partial charge in [0.05, 0.1) is 32.1 Å². The van der Waals surface area contributed by atoms with Crippen molar-refractivity contribution < 1.29 is 18.7 Å². The second-order valence-corrected chi connectivity index (χ2v) is 13.7. The van der Waals surface area contributed by atoms with Crippen LogP contribution in [0.4, 0.5) is 15.0 Å². The van der Waals surface area contributed by atoms with Crippen LogP contribution in [0.3, 0.4) is 0 Å². The lowest BCUT2D eigenvalue weighted by Crippen LogP contribution is -2.53. The Balaban J connectivity index is 1.39. The Morgan fingerprint density at radius 2 is 1.93 bits per heavy atom. The molecule has 6 rings (SSSR count). The molecule has 0 N–H and O–H groups in total. The molecular formula is C31H29BrFN5O3S. The van der Waals surface area contributed by atoms with Crippen molar-refractivity contribution in [2.75, 3.05) is 18.0 Å². The molecule has 0 aliphatic carbocycles. The second-order valence-electron chi connectivity index (χ2n) is 11.3. The van der Waals surface area contributed by atoms with Gasteiger partial charge in [0.25, 0.3) is 5.91 Å². The first-order valence-electron chi connectivity index (χ1n) is 13.7. The van der Waals surface area contributed by atoms with Crippen LogP contribution in [0.1, 0.15) is 44.0 Å². The first-order valence-corrected chi connectivity index (χ1v) is 15.3. The number of benzene rings is 2. The van der Waals surface area contributed by atoms with Gasteiger partial charge < -0.3 is 9.64 Å². The normalized spacial score (nSPS) is 15.7. The van der Waals surface area contributed by atoms with Gasteiger partial charge in [-0.05, 0) is 92.0 Å². The molecule has 2 amide bonds. The maximum absolute atomic E-state index is 15.9. The zero-order valence-corrected chi connectivity index (χ0v) is 25.8. The predicted molar refractivity (Wildman–Crippen MR) is 166 cm³/mol. The Morgan fingerprint density at radius 1 is 1.12 bits per heavy atom. The quantitative estimate of drug-likeness (QED) is 0.200. The van der Waals surface area contributed by atoms with Gasteiger partial charge in [-0.1, -0.05) is 12.1 Å². The summed E-state index contributed by atoms with van der Waals surface area (Å²) in [6, 6.07) is 15.5. The zero-order valence-electron chi connectivity index (χ0n) is 23.4. The van der Waals surface area contributed by atoms with Gasteiger partial charge in [0.15, 0.2) is 0 Å². The third kappa shape index (κ3) is 5.50. The number of hydrogen-bond acceptors (Lipinski definition) is 6. The topological polar surface area (TPSA) is 80.6 Å². The number of rotatable bonds is 4. The van der Waals surface area contributed by atoms with E-state index >= 15 is 4.39 Å². The molecule has 0 unspecified atom stereocenters. The number of halogens is 2. The molecule has 1 aliphatic heterocycles. The number of piperidine rings is 1. The van der Waals surface area contributed by atoms with Crippen molar-refractivity contribution in [2.45, 2.75) is 45.3 Å². The SMILES string of the molecule is CC(C)(C)OC(=O)N1CCC[C@@H](N(C(=O)c2ccc(-n3cnc4ccccc43)cc2F)c2nccc3sc(Br)cc23)C1. The summed E-state index contributed by atoms with van der Waals surface area (Å²) in [5.41, 5.74) is 1.45. The van der Waals surface area contributed by atoms with Crippen LogP contribution in [0.15, 0.2) is 70.9 Å². The summed E-state index contributed by atoms with van der Waals surface area (Å²) in [7, 11) is 0. The van der Waals surface area contributed by atoms with Crippen molar-refractivity contribution in [3.8, 4) is 5.69 Å².